The molecule has 14 heavy (non-hydrogen) atoms. The summed E-state index contributed by atoms with van der Waals surface area (Å²) in [4.78, 5) is 13.0. The number of aldehydes is 1. The van der Waals surface area contributed by atoms with E-state index in [4.69, 9.17) is 0 Å². The number of carbonyl (C=O) groups excluding carboxylic acids is 1. The second kappa shape index (κ2) is 4.41. The third-order valence-corrected chi connectivity index (χ3v) is 2.66. The maximum absolute atomic E-state index is 10.8. The molecule has 0 aromatic carbocycles. The lowest BCUT2D eigenvalue weighted by atomic mass is 9.91. The summed E-state index contributed by atoms with van der Waals surface area (Å²) in [5.41, 5.74) is -0.295. The van der Waals surface area contributed by atoms with Crippen molar-refractivity contribution < 1.29 is 9.90 Å². The number of rotatable bonds is 3. The lowest BCUT2D eigenvalue weighted by molar-refractivity contribution is -0.116. The molecule has 82 valence electrons. The van der Waals surface area contributed by atoms with Crippen molar-refractivity contribution >= 4 is 6.29 Å². The summed E-state index contributed by atoms with van der Waals surface area (Å²) >= 11 is 0. The minimum atomic E-state index is -0.295. The molecule has 1 saturated heterocycles. The zero-order chi connectivity index (χ0) is 10.8. The Morgan fingerprint density at radius 2 is 2.14 bits per heavy atom. The van der Waals surface area contributed by atoms with Crippen LogP contribution in [0.25, 0.3) is 0 Å². The fourth-order valence-corrected chi connectivity index (χ4v) is 2.17. The van der Waals surface area contributed by atoms with Crippen molar-refractivity contribution in [3.63, 3.8) is 0 Å². The van der Waals surface area contributed by atoms with Crippen molar-refractivity contribution in [1.29, 1.82) is 0 Å². The van der Waals surface area contributed by atoms with Crippen LogP contribution in [0.5, 0.6) is 0 Å². The van der Waals surface area contributed by atoms with Gasteiger partial charge in [0.05, 0.1) is 6.10 Å². The Hall–Kier alpha value is -0.410. The van der Waals surface area contributed by atoms with Crippen LogP contribution in [0.1, 0.15) is 27.2 Å². The molecule has 0 radical (unpaired) electrons. The summed E-state index contributed by atoms with van der Waals surface area (Å²) in [6.45, 7) is 8.47. The van der Waals surface area contributed by atoms with Gasteiger partial charge < -0.3 is 9.90 Å². The van der Waals surface area contributed by atoms with Gasteiger partial charge in [-0.2, -0.15) is 0 Å². The third-order valence-electron chi connectivity index (χ3n) is 2.66. The molecule has 0 aromatic rings. The molecule has 1 aliphatic rings. The number of likely N-dealkylation sites (tertiary alicyclic amines) is 1. The molecule has 1 aliphatic heterocycles. The van der Waals surface area contributed by atoms with E-state index in [-0.39, 0.29) is 11.5 Å². The Morgan fingerprint density at radius 1 is 1.50 bits per heavy atom. The number of hydrogen-bond donors (Lipinski definition) is 1. The molecule has 0 amide bonds. The summed E-state index contributed by atoms with van der Waals surface area (Å²) in [5.74, 6) is 0.529. The van der Waals surface area contributed by atoms with Gasteiger partial charge in [0.1, 0.15) is 6.29 Å². The Labute approximate surface area is 86.1 Å². The number of carbonyl (C=O) groups is 1. The summed E-state index contributed by atoms with van der Waals surface area (Å²) in [7, 11) is 0. The molecule has 2 atom stereocenters. The molecule has 1 rings (SSSR count). The molecule has 1 fully saturated rings. The van der Waals surface area contributed by atoms with Crippen molar-refractivity contribution in [2.45, 2.75) is 33.3 Å². The molecule has 1 heterocycles. The Balaban J connectivity index is 2.48. The molecule has 1 N–H and O–H groups in total. The minimum Gasteiger partial charge on any atom is -0.392 e. The molecule has 2 unspecified atom stereocenters. The van der Waals surface area contributed by atoms with Gasteiger partial charge in [0.15, 0.2) is 0 Å². The van der Waals surface area contributed by atoms with Gasteiger partial charge in [-0.3, -0.25) is 4.90 Å². The van der Waals surface area contributed by atoms with Crippen LogP contribution in [0.2, 0.25) is 0 Å². The van der Waals surface area contributed by atoms with Crippen LogP contribution in [-0.2, 0) is 4.79 Å². The summed E-state index contributed by atoms with van der Waals surface area (Å²) in [6.07, 6.45) is 1.66. The summed E-state index contributed by atoms with van der Waals surface area (Å²) in [6, 6.07) is 0. The quantitative estimate of drug-likeness (QED) is 0.687. The van der Waals surface area contributed by atoms with Gasteiger partial charge in [-0.15, -0.1) is 0 Å². The molecule has 0 saturated carbocycles. The Kier molecular flexibility index (Phi) is 3.67. The largest absolute Gasteiger partial charge is 0.392 e. The normalized spacial score (nSPS) is 30.3. The minimum absolute atomic E-state index is 0.221. The van der Waals surface area contributed by atoms with Gasteiger partial charge in [-0.05, 0) is 12.3 Å². The molecule has 3 nitrogen and oxygen atoms in total. The standard InChI is InChI=1S/C11H21NO2/c1-9-4-10(14)6-12(5-9)7-11(2,3)8-13/h8-10,14H,4-7H2,1-3H3. The number of β-amino-alcohol motifs (C(OH)–C–C–N with tert-alkyl or cyclic N) is 1. The van der Waals surface area contributed by atoms with Gasteiger partial charge in [-0.25, -0.2) is 0 Å². The second-order valence-electron chi connectivity index (χ2n) is 5.30. The highest BCUT2D eigenvalue weighted by Crippen LogP contribution is 2.20. The summed E-state index contributed by atoms with van der Waals surface area (Å²) < 4.78 is 0. The topological polar surface area (TPSA) is 40.5 Å². The maximum Gasteiger partial charge on any atom is 0.126 e. The van der Waals surface area contributed by atoms with E-state index in [0.717, 1.165) is 25.8 Å². The highest BCUT2D eigenvalue weighted by Gasteiger charge is 2.27. The molecule has 0 aromatic heterocycles. The highest BCUT2D eigenvalue weighted by atomic mass is 16.3. The predicted octanol–water partition coefficient (Wildman–Crippen LogP) is 0.914. The van der Waals surface area contributed by atoms with E-state index in [1.807, 2.05) is 13.8 Å². The Morgan fingerprint density at radius 3 is 2.64 bits per heavy atom. The van der Waals surface area contributed by atoms with Crippen molar-refractivity contribution in [3.8, 4) is 0 Å². The Bertz CT molecular complexity index is 193. The van der Waals surface area contributed by atoms with E-state index in [1.165, 1.54) is 0 Å². The van der Waals surface area contributed by atoms with Crippen LogP contribution in [-0.4, -0.2) is 42.0 Å². The number of nitrogens with zero attached hydrogens (tertiary/aromatic N) is 1. The first-order chi connectivity index (χ1) is 6.43. The molecule has 3 heteroatoms. The first-order valence-corrected chi connectivity index (χ1v) is 5.30. The van der Waals surface area contributed by atoms with Crippen LogP contribution in [0.4, 0.5) is 0 Å². The van der Waals surface area contributed by atoms with Gasteiger partial charge in [0, 0.05) is 25.0 Å². The number of piperidine rings is 1. The van der Waals surface area contributed by atoms with E-state index in [2.05, 4.69) is 11.8 Å². The van der Waals surface area contributed by atoms with Crippen molar-refractivity contribution in [2.24, 2.45) is 11.3 Å². The first-order valence-electron chi connectivity index (χ1n) is 5.30. The van der Waals surface area contributed by atoms with E-state index < -0.39 is 0 Å². The molecule has 0 aliphatic carbocycles. The van der Waals surface area contributed by atoms with Crippen molar-refractivity contribution in [2.75, 3.05) is 19.6 Å². The van der Waals surface area contributed by atoms with Gasteiger partial charge in [-0.1, -0.05) is 20.8 Å². The lowest BCUT2D eigenvalue weighted by Gasteiger charge is -2.37. The molecular formula is C11H21NO2. The highest BCUT2D eigenvalue weighted by molar-refractivity contribution is 5.58. The van der Waals surface area contributed by atoms with Crippen molar-refractivity contribution in [3.05, 3.63) is 0 Å². The third kappa shape index (κ3) is 3.39. The average Bonchev–Trinajstić information content (AvgIpc) is 2.01. The average molecular weight is 199 g/mol. The molecule has 0 spiro atoms. The van der Waals surface area contributed by atoms with Crippen LogP contribution < -0.4 is 0 Å². The number of aliphatic hydroxyl groups is 1. The molecular weight excluding hydrogens is 178 g/mol. The van der Waals surface area contributed by atoms with Crippen LogP contribution in [0.15, 0.2) is 0 Å². The van der Waals surface area contributed by atoms with Gasteiger partial charge >= 0.3 is 0 Å². The SMILES string of the molecule is CC1CC(O)CN(CC(C)(C)C=O)C1. The first kappa shape index (κ1) is 11.7. The lowest BCUT2D eigenvalue weighted by Crippen LogP contribution is -2.46. The second-order valence-corrected chi connectivity index (χ2v) is 5.30. The fourth-order valence-electron chi connectivity index (χ4n) is 2.17. The molecule has 0 bridgehead atoms. The zero-order valence-electron chi connectivity index (χ0n) is 9.36. The predicted molar refractivity (Wildman–Crippen MR) is 56.1 cm³/mol. The number of hydrogen-bond acceptors (Lipinski definition) is 3. The summed E-state index contributed by atoms with van der Waals surface area (Å²) in [5, 5.41) is 9.59. The van der Waals surface area contributed by atoms with Crippen LogP contribution in [0, 0.1) is 11.3 Å². The van der Waals surface area contributed by atoms with E-state index >= 15 is 0 Å². The van der Waals surface area contributed by atoms with Crippen LogP contribution >= 0.6 is 0 Å². The zero-order valence-corrected chi connectivity index (χ0v) is 9.36. The van der Waals surface area contributed by atoms with E-state index in [0.29, 0.717) is 12.5 Å². The maximum atomic E-state index is 10.8. The van der Waals surface area contributed by atoms with E-state index in [9.17, 15) is 9.90 Å². The monoisotopic (exact) mass is 199 g/mol. The smallest absolute Gasteiger partial charge is 0.126 e. The van der Waals surface area contributed by atoms with Gasteiger partial charge in [0.2, 0.25) is 0 Å². The van der Waals surface area contributed by atoms with Gasteiger partial charge in [0.25, 0.3) is 0 Å². The van der Waals surface area contributed by atoms with Crippen molar-refractivity contribution in [1.82, 2.24) is 4.90 Å². The van der Waals surface area contributed by atoms with E-state index in [1.54, 1.807) is 0 Å². The fraction of sp³-hybridized carbons (Fsp3) is 0.909. The van der Waals surface area contributed by atoms with Crippen LogP contribution in [0.3, 0.4) is 0 Å². The number of aliphatic hydroxyl groups excluding tert-OH is 1.